The molecule has 0 atom stereocenters. The molecule has 1 amide bonds. The Labute approximate surface area is 204 Å². The summed E-state index contributed by atoms with van der Waals surface area (Å²) >= 11 is 0. The molecule has 1 heterocycles. The molecular weight excluding hydrogens is 469 g/mol. The molecule has 9 heteroatoms. The van der Waals surface area contributed by atoms with E-state index in [2.05, 4.69) is 10.0 Å². The summed E-state index contributed by atoms with van der Waals surface area (Å²) in [4.78, 5) is 14.5. The molecule has 1 saturated heterocycles. The number of ether oxygens (including phenoxy) is 1. The van der Waals surface area contributed by atoms with Crippen LogP contribution in [0.3, 0.4) is 0 Å². The van der Waals surface area contributed by atoms with Crippen LogP contribution in [0.4, 0.5) is 21.5 Å². The molecule has 4 rings (SSSR count). The van der Waals surface area contributed by atoms with E-state index < -0.39 is 21.7 Å². The number of hydrogen-bond donors (Lipinski definition) is 2. The van der Waals surface area contributed by atoms with Crippen LogP contribution in [0, 0.1) is 5.82 Å². The Morgan fingerprint density at radius 1 is 1.00 bits per heavy atom. The Balaban J connectivity index is 1.59. The molecule has 182 valence electrons. The summed E-state index contributed by atoms with van der Waals surface area (Å²) in [6.07, 6.45) is 4.72. The second kappa shape index (κ2) is 10.6. The molecule has 0 spiro atoms. The molecule has 7 nitrogen and oxygen atoms in total. The number of carbonyl (C=O) groups excluding carboxylic acids is 1. The van der Waals surface area contributed by atoms with Crippen molar-refractivity contribution >= 4 is 39.1 Å². The molecule has 2 N–H and O–H groups in total. The third-order valence-electron chi connectivity index (χ3n) is 5.58. The van der Waals surface area contributed by atoms with Crippen molar-refractivity contribution in [2.45, 2.75) is 17.7 Å². The number of carbonyl (C=O) groups is 1. The van der Waals surface area contributed by atoms with Crippen LogP contribution in [-0.4, -0.2) is 34.5 Å². The molecule has 1 fully saturated rings. The SMILES string of the molecule is COc1ccc(NS(=O)(=O)c2cc(NC(=O)C=Cc3cccc(F)c3)ccc2N2CCCC2)cc1. The molecule has 3 aromatic carbocycles. The minimum atomic E-state index is -3.96. The Morgan fingerprint density at radius 2 is 1.71 bits per heavy atom. The number of sulfonamides is 1. The predicted octanol–water partition coefficient (Wildman–Crippen LogP) is 4.89. The first-order chi connectivity index (χ1) is 16.8. The van der Waals surface area contributed by atoms with Crippen LogP contribution in [0.25, 0.3) is 6.08 Å². The van der Waals surface area contributed by atoms with Crippen LogP contribution in [0.5, 0.6) is 5.75 Å². The molecule has 1 aliphatic rings. The van der Waals surface area contributed by atoms with Gasteiger partial charge in [0.05, 0.1) is 12.8 Å². The van der Waals surface area contributed by atoms with E-state index >= 15 is 0 Å². The van der Waals surface area contributed by atoms with Crippen molar-refractivity contribution in [3.05, 3.63) is 84.2 Å². The lowest BCUT2D eigenvalue weighted by molar-refractivity contribution is -0.111. The zero-order valence-electron chi connectivity index (χ0n) is 19.2. The van der Waals surface area contributed by atoms with Gasteiger partial charge in [-0.1, -0.05) is 12.1 Å². The molecule has 1 aliphatic heterocycles. The maximum absolute atomic E-state index is 13.4. The lowest BCUT2D eigenvalue weighted by Crippen LogP contribution is -2.23. The summed E-state index contributed by atoms with van der Waals surface area (Å²) < 4.78 is 47.9. The van der Waals surface area contributed by atoms with Crippen LogP contribution < -0.4 is 19.7 Å². The molecule has 35 heavy (non-hydrogen) atoms. The number of rotatable bonds is 8. The Hall–Kier alpha value is -3.85. The van der Waals surface area contributed by atoms with Crippen LogP contribution in [0.15, 0.2) is 77.7 Å². The van der Waals surface area contributed by atoms with Crippen molar-refractivity contribution in [1.82, 2.24) is 0 Å². The maximum atomic E-state index is 13.4. The quantitative estimate of drug-likeness (QED) is 0.435. The predicted molar refractivity (Wildman–Crippen MR) is 136 cm³/mol. The monoisotopic (exact) mass is 495 g/mol. The van der Waals surface area contributed by atoms with Crippen molar-refractivity contribution in [2.75, 3.05) is 35.1 Å². The van der Waals surface area contributed by atoms with Gasteiger partial charge in [0.15, 0.2) is 0 Å². The van der Waals surface area contributed by atoms with E-state index in [4.69, 9.17) is 4.74 Å². The molecule has 0 saturated carbocycles. The van der Waals surface area contributed by atoms with Gasteiger partial charge in [0.25, 0.3) is 10.0 Å². The molecule has 0 aliphatic carbocycles. The number of nitrogens with zero attached hydrogens (tertiary/aromatic N) is 1. The van der Waals surface area contributed by atoms with Crippen molar-refractivity contribution in [3.8, 4) is 5.75 Å². The summed E-state index contributed by atoms with van der Waals surface area (Å²) in [6, 6.07) is 17.3. The van der Waals surface area contributed by atoms with Gasteiger partial charge in [0.1, 0.15) is 16.5 Å². The van der Waals surface area contributed by atoms with E-state index in [9.17, 15) is 17.6 Å². The molecule has 0 unspecified atom stereocenters. The smallest absolute Gasteiger partial charge is 0.264 e. The first kappa shape index (κ1) is 24.3. The number of benzene rings is 3. The van der Waals surface area contributed by atoms with Gasteiger partial charge in [0, 0.05) is 30.5 Å². The van der Waals surface area contributed by atoms with Crippen molar-refractivity contribution in [2.24, 2.45) is 0 Å². The number of halogens is 1. The second-order valence-corrected chi connectivity index (χ2v) is 9.74. The molecule has 0 bridgehead atoms. The van der Waals surface area contributed by atoms with Gasteiger partial charge < -0.3 is 15.0 Å². The molecule has 3 aromatic rings. The van der Waals surface area contributed by atoms with Gasteiger partial charge in [-0.25, -0.2) is 12.8 Å². The van der Waals surface area contributed by atoms with Gasteiger partial charge in [-0.15, -0.1) is 0 Å². The first-order valence-corrected chi connectivity index (χ1v) is 12.6. The normalized spacial score (nSPS) is 13.7. The molecule has 0 aromatic heterocycles. The Kier molecular flexibility index (Phi) is 7.36. The lowest BCUT2D eigenvalue weighted by Gasteiger charge is -2.22. The highest BCUT2D eigenvalue weighted by atomic mass is 32.2. The van der Waals surface area contributed by atoms with E-state index in [1.165, 1.54) is 37.5 Å². The summed E-state index contributed by atoms with van der Waals surface area (Å²) in [7, 11) is -2.43. The van der Waals surface area contributed by atoms with Gasteiger partial charge in [-0.05, 0) is 79.1 Å². The highest BCUT2D eigenvalue weighted by molar-refractivity contribution is 7.92. The van der Waals surface area contributed by atoms with Gasteiger partial charge in [-0.2, -0.15) is 0 Å². The van der Waals surface area contributed by atoms with Crippen LogP contribution in [0.1, 0.15) is 18.4 Å². The maximum Gasteiger partial charge on any atom is 0.264 e. The number of amides is 1. The second-order valence-electron chi connectivity index (χ2n) is 8.09. The minimum Gasteiger partial charge on any atom is -0.497 e. The van der Waals surface area contributed by atoms with E-state index in [0.29, 0.717) is 28.4 Å². The summed E-state index contributed by atoms with van der Waals surface area (Å²) in [5.41, 5.74) is 1.84. The molecular formula is C26H26FN3O4S. The minimum absolute atomic E-state index is 0.0714. The third-order valence-corrected chi connectivity index (χ3v) is 6.99. The van der Waals surface area contributed by atoms with E-state index in [1.807, 2.05) is 4.90 Å². The highest BCUT2D eigenvalue weighted by Crippen LogP contribution is 2.32. The summed E-state index contributed by atoms with van der Waals surface area (Å²) in [5.74, 6) is -0.249. The van der Waals surface area contributed by atoms with E-state index in [-0.39, 0.29) is 4.90 Å². The number of methoxy groups -OCH3 is 1. The van der Waals surface area contributed by atoms with Gasteiger partial charge >= 0.3 is 0 Å². The standard InChI is InChI=1S/C26H26FN3O4S/c1-34-23-11-8-21(9-12-23)29-35(32,33)25-18-22(10-13-24(25)30-15-2-3-16-30)28-26(31)14-7-19-5-4-6-20(27)17-19/h4-14,17-18,29H,2-3,15-16H2,1H3,(H,28,31). The van der Waals surface area contributed by atoms with Crippen LogP contribution in [0.2, 0.25) is 0 Å². The molecule has 0 radical (unpaired) electrons. The van der Waals surface area contributed by atoms with Crippen molar-refractivity contribution in [3.63, 3.8) is 0 Å². The van der Waals surface area contributed by atoms with Gasteiger partial charge in [0.2, 0.25) is 5.91 Å². The summed E-state index contributed by atoms with van der Waals surface area (Å²) in [6.45, 7) is 1.51. The number of anilines is 3. The summed E-state index contributed by atoms with van der Waals surface area (Å²) in [5, 5.41) is 2.69. The highest BCUT2D eigenvalue weighted by Gasteiger charge is 2.25. The Morgan fingerprint density at radius 3 is 2.40 bits per heavy atom. The van der Waals surface area contributed by atoms with Crippen LogP contribution >= 0.6 is 0 Å². The van der Waals surface area contributed by atoms with Gasteiger partial charge in [-0.3, -0.25) is 9.52 Å². The largest absolute Gasteiger partial charge is 0.497 e. The third kappa shape index (κ3) is 6.19. The lowest BCUT2D eigenvalue weighted by atomic mass is 10.2. The van der Waals surface area contributed by atoms with E-state index in [1.54, 1.807) is 48.5 Å². The zero-order chi connectivity index (χ0) is 24.8. The first-order valence-electron chi connectivity index (χ1n) is 11.1. The van der Waals surface area contributed by atoms with E-state index in [0.717, 1.165) is 25.9 Å². The van der Waals surface area contributed by atoms with Crippen molar-refractivity contribution < 1.29 is 22.3 Å². The Bertz CT molecular complexity index is 1330. The topological polar surface area (TPSA) is 87.7 Å². The number of nitrogens with one attached hydrogen (secondary N) is 2. The average Bonchev–Trinajstić information content (AvgIpc) is 3.38. The zero-order valence-corrected chi connectivity index (χ0v) is 20.0. The number of hydrogen-bond acceptors (Lipinski definition) is 5. The fourth-order valence-electron chi connectivity index (χ4n) is 3.86. The fraction of sp³-hybridized carbons (Fsp3) is 0.192. The van der Waals surface area contributed by atoms with Crippen molar-refractivity contribution in [1.29, 1.82) is 0 Å². The van der Waals surface area contributed by atoms with Crippen LogP contribution in [-0.2, 0) is 14.8 Å². The average molecular weight is 496 g/mol. The fourth-order valence-corrected chi connectivity index (χ4v) is 5.17.